The summed E-state index contributed by atoms with van der Waals surface area (Å²) < 4.78 is 0. The zero-order valence-corrected chi connectivity index (χ0v) is 18.5. The summed E-state index contributed by atoms with van der Waals surface area (Å²) in [6.45, 7) is 6.86. The number of aromatic nitrogens is 3. The third-order valence-electron chi connectivity index (χ3n) is 5.07. The molecule has 3 aromatic rings. The van der Waals surface area contributed by atoms with Crippen LogP contribution in [0.15, 0.2) is 47.7 Å². The number of para-hydroxylation sites is 1. The Labute approximate surface area is 189 Å². The van der Waals surface area contributed by atoms with Crippen molar-refractivity contribution in [2.24, 2.45) is 5.10 Å². The summed E-state index contributed by atoms with van der Waals surface area (Å²) in [4.78, 5) is 28.6. The fraction of sp³-hybridized carbons (Fsp3) is 0.304. The molecule has 0 bridgehead atoms. The lowest BCUT2D eigenvalue weighted by Crippen LogP contribution is -2.44. The van der Waals surface area contributed by atoms with Crippen molar-refractivity contribution < 1.29 is 6.22 Å². The number of likely N-dealkylation sites (N-methyl/N-ethyl adjacent to an activating group) is 1. The molecule has 3 N–H and O–H groups in total. The van der Waals surface area contributed by atoms with Crippen molar-refractivity contribution >= 4 is 40.9 Å². The molecule has 0 saturated heterocycles. The van der Waals surface area contributed by atoms with E-state index in [4.69, 9.17) is 5.41 Å². The van der Waals surface area contributed by atoms with Crippen molar-refractivity contribution in [1.82, 2.24) is 19.9 Å². The number of nitrogens with one attached hydrogen (secondary N) is 3. The molecule has 9 nitrogen and oxygen atoms in total. The highest BCUT2D eigenvalue weighted by molar-refractivity contribution is 6.14. The van der Waals surface area contributed by atoms with Gasteiger partial charge in [-0.05, 0) is 38.5 Å². The molecule has 0 fully saturated rings. The van der Waals surface area contributed by atoms with Crippen LogP contribution in [0.3, 0.4) is 0 Å². The van der Waals surface area contributed by atoms with Crippen LogP contribution in [-0.2, 0) is 0 Å². The maximum atomic E-state index is 13.4. The Bertz CT molecular complexity index is 1120. The van der Waals surface area contributed by atoms with E-state index in [1.807, 2.05) is 51.1 Å². The standard InChI is InChI=1S/C23H28N8O.H2/c1-4-18(15-26-23-25-14-17-8-6-7-9-19(17)29-23)31(5-2)22(32)21-20(30-27-13-12-24)11-10-16(3)28-21;/h6-14,18,24,30H,4-5,15H2,1-3H3,(H,25,26,29);1H/b24-12?,27-13-;/t18-;/m0./s1. The molecule has 0 radical (unpaired) electrons. The summed E-state index contributed by atoms with van der Waals surface area (Å²) in [5, 5.41) is 15.2. The molecule has 0 spiro atoms. The molecule has 0 aliphatic carbocycles. The molecule has 9 heteroatoms. The Morgan fingerprint density at radius 2 is 2.06 bits per heavy atom. The minimum absolute atomic E-state index is 0. The molecular weight excluding hydrogens is 404 g/mol. The van der Waals surface area contributed by atoms with Crippen LogP contribution in [0.2, 0.25) is 0 Å². The van der Waals surface area contributed by atoms with E-state index in [9.17, 15) is 4.79 Å². The van der Waals surface area contributed by atoms with Crippen molar-refractivity contribution in [3.8, 4) is 0 Å². The molecule has 2 heterocycles. The summed E-state index contributed by atoms with van der Waals surface area (Å²) in [6.07, 6.45) is 4.90. The second-order valence-corrected chi connectivity index (χ2v) is 7.19. The van der Waals surface area contributed by atoms with Crippen LogP contribution in [0.1, 0.15) is 37.9 Å². The highest BCUT2D eigenvalue weighted by Crippen LogP contribution is 2.19. The molecule has 0 unspecified atom stereocenters. The Balaban J connectivity index is 0.00000385. The molecular formula is C23H30N8O. The van der Waals surface area contributed by atoms with Crippen molar-refractivity contribution in [2.75, 3.05) is 23.8 Å². The first-order chi connectivity index (χ1) is 15.6. The van der Waals surface area contributed by atoms with E-state index in [1.54, 1.807) is 17.2 Å². The van der Waals surface area contributed by atoms with Gasteiger partial charge in [-0.3, -0.25) is 10.2 Å². The third-order valence-corrected chi connectivity index (χ3v) is 5.07. The van der Waals surface area contributed by atoms with Gasteiger partial charge in [0.25, 0.3) is 5.91 Å². The van der Waals surface area contributed by atoms with Crippen LogP contribution in [0, 0.1) is 12.3 Å². The van der Waals surface area contributed by atoms with Gasteiger partial charge in [0.05, 0.1) is 17.4 Å². The Hall–Kier alpha value is -3.88. The topological polar surface area (TPSA) is 119 Å². The Morgan fingerprint density at radius 1 is 1.25 bits per heavy atom. The van der Waals surface area contributed by atoms with Crippen LogP contribution in [0.25, 0.3) is 10.9 Å². The van der Waals surface area contributed by atoms with Gasteiger partial charge in [0.2, 0.25) is 5.95 Å². The number of hydrazone groups is 1. The first-order valence-corrected chi connectivity index (χ1v) is 10.6. The summed E-state index contributed by atoms with van der Waals surface area (Å²) in [7, 11) is 0. The number of fused-ring (bicyclic) bond motifs is 1. The molecule has 32 heavy (non-hydrogen) atoms. The van der Waals surface area contributed by atoms with Crippen LogP contribution in [-0.4, -0.2) is 57.3 Å². The molecule has 1 amide bonds. The molecule has 0 aliphatic heterocycles. The molecule has 168 valence electrons. The van der Waals surface area contributed by atoms with Gasteiger partial charge >= 0.3 is 0 Å². The van der Waals surface area contributed by atoms with E-state index in [0.29, 0.717) is 30.4 Å². The van der Waals surface area contributed by atoms with Gasteiger partial charge in [-0.15, -0.1) is 0 Å². The van der Waals surface area contributed by atoms with E-state index in [2.05, 4.69) is 30.8 Å². The fourth-order valence-electron chi connectivity index (χ4n) is 3.40. The number of pyridine rings is 1. The molecule has 2 aromatic heterocycles. The van der Waals surface area contributed by atoms with Crippen molar-refractivity contribution in [2.45, 2.75) is 33.2 Å². The average molecular weight is 435 g/mol. The van der Waals surface area contributed by atoms with E-state index in [0.717, 1.165) is 29.2 Å². The summed E-state index contributed by atoms with van der Waals surface area (Å²) in [5.41, 5.74) is 5.21. The average Bonchev–Trinajstić information content (AvgIpc) is 2.82. The molecule has 3 rings (SSSR count). The minimum atomic E-state index is -0.183. The van der Waals surface area contributed by atoms with Gasteiger partial charge in [-0.1, -0.05) is 25.1 Å². The Kier molecular flexibility index (Phi) is 7.80. The molecule has 0 aliphatic rings. The number of hydrogen-bond acceptors (Lipinski definition) is 8. The van der Waals surface area contributed by atoms with Gasteiger partial charge < -0.3 is 15.6 Å². The number of aryl methyl sites for hydroxylation is 1. The first-order valence-electron chi connectivity index (χ1n) is 10.6. The minimum Gasteiger partial charge on any atom is -0.352 e. The second-order valence-electron chi connectivity index (χ2n) is 7.19. The zero-order valence-electron chi connectivity index (χ0n) is 18.5. The van der Waals surface area contributed by atoms with Crippen molar-refractivity contribution in [3.63, 3.8) is 0 Å². The highest BCUT2D eigenvalue weighted by Gasteiger charge is 2.25. The first kappa shape index (κ1) is 22.8. The summed E-state index contributed by atoms with van der Waals surface area (Å²) >= 11 is 0. The van der Waals surface area contributed by atoms with Crippen LogP contribution < -0.4 is 10.7 Å². The predicted octanol–water partition coefficient (Wildman–Crippen LogP) is 3.98. The maximum absolute atomic E-state index is 13.4. The van der Waals surface area contributed by atoms with Gasteiger partial charge in [0, 0.05) is 44.0 Å². The smallest absolute Gasteiger partial charge is 0.274 e. The van der Waals surface area contributed by atoms with Crippen molar-refractivity contribution in [1.29, 1.82) is 5.41 Å². The molecule has 1 atom stereocenters. The number of hydrogen-bond donors (Lipinski definition) is 3. The van der Waals surface area contributed by atoms with Gasteiger partial charge in [-0.2, -0.15) is 5.10 Å². The zero-order chi connectivity index (χ0) is 22.9. The fourth-order valence-corrected chi connectivity index (χ4v) is 3.40. The summed E-state index contributed by atoms with van der Waals surface area (Å²) in [5.74, 6) is 0.347. The van der Waals surface area contributed by atoms with E-state index >= 15 is 0 Å². The monoisotopic (exact) mass is 434 g/mol. The molecule has 0 saturated carbocycles. The maximum Gasteiger partial charge on any atom is 0.274 e. The lowest BCUT2D eigenvalue weighted by Gasteiger charge is -2.30. The van der Waals surface area contributed by atoms with Gasteiger partial charge in [-0.25, -0.2) is 15.0 Å². The normalized spacial score (nSPS) is 12.0. The number of rotatable bonds is 10. The predicted molar refractivity (Wildman–Crippen MR) is 131 cm³/mol. The number of carbonyl (C=O) groups excluding carboxylic acids is 1. The van der Waals surface area contributed by atoms with Crippen LogP contribution in [0.4, 0.5) is 11.6 Å². The van der Waals surface area contributed by atoms with Crippen LogP contribution in [0.5, 0.6) is 0 Å². The number of amides is 1. The van der Waals surface area contributed by atoms with Crippen molar-refractivity contribution in [3.05, 3.63) is 54.0 Å². The number of nitrogens with zero attached hydrogens (tertiary/aromatic N) is 5. The summed E-state index contributed by atoms with van der Waals surface area (Å²) in [6, 6.07) is 11.3. The SMILES string of the molecule is CC[C@@H](CNc1ncc2ccccc2n1)N(CC)C(=O)c1nc(C)ccc1N/N=C\C=N.[HH]. The lowest BCUT2D eigenvalue weighted by molar-refractivity contribution is 0.0689. The molecule has 1 aromatic carbocycles. The quantitative estimate of drug-likeness (QED) is 0.328. The highest BCUT2D eigenvalue weighted by atomic mass is 16.2. The number of carbonyl (C=O) groups is 1. The number of anilines is 2. The van der Waals surface area contributed by atoms with Crippen LogP contribution >= 0.6 is 0 Å². The van der Waals surface area contributed by atoms with E-state index in [-0.39, 0.29) is 13.4 Å². The second kappa shape index (κ2) is 10.9. The lowest BCUT2D eigenvalue weighted by atomic mass is 10.1. The Morgan fingerprint density at radius 3 is 2.81 bits per heavy atom. The van der Waals surface area contributed by atoms with E-state index < -0.39 is 0 Å². The van der Waals surface area contributed by atoms with Gasteiger partial charge in [0.15, 0.2) is 5.69 Å². The van der Waals surface area contributed by atoms with E-state index in [1.165, 1.54) is 6.21 Å². The third kappa shape index (κ3) is 5.42. The van der Waals surface area contributed by atoms with Gasteiger partial charge in [0.1, 0.15) is 0 Å². The number of benzene rings is 1. The largest absolute Gasteiger partial charge is 0.352 e.